The Kier molecular flexibility index (Phi) is 3.10. The van der Waals surface area contributed by atoms with Crippen LogP contribution >= 0.6 is 0 Å². The maximum atomic E-state index is 5.11. The smallest absolute Gasteiger partial charge is 0.118 e. The molecule has 82 valence electrons. The highest BCUT2D eigenvalue weighted by Gasteiger charge is 1.92. The first kappa shape index (κ1) is 10.6. The van der Waals surface area contributed by atoms with Gasteiger partial charge in [-0.2, -0.15) is 0 Å². The number of ether oxygens (including phenoxy) is 1. The average Bonchev–Trinajstić information content (AvgIpc) is 2.73. The second kappa shape index (κ2) is 4.71. The van der Waals surface area contributed by atoms with Crippen LogP contribution in [0.15, 0.2) is 42.6 Å². The third-order valence-electron chi connectivity index (χ3n) is 2.55. The van der Waals surface area contributed by atoms with Crippen LogP contribution in [0.4, 0.5) is 0 Å². The van der Waals surface area contributed by atoms with E-state index in [2.05, 4.69) is 22.8 Å². The first-order chi connectivity index (χ1) is 7.79. The molecule has 0 amide bonds. The topological polar surface area (TPSA) is 14.2 Å². The van der Waals surface area contributed by atoms with Gasteiger partial charge >= 0.3 is 0 Å². The first-order valence-electron chi connectivity index (χ1n) is 5.23. The van der Waals surface area contributed by atoms with E-state index >= 15 is 0 Å². The van der Waals surface area contributed by atoms with Crippen molar-refractivity contribution in [3.63, 3.8) is 0 Å². The standard InChI is InChI=1S/C14H15NO/c1-15-11-3-4-13(15)8-5-12-6-9-14(16-2)10-7-12/h3-11H,1-2H3/b8-5+. The van der Waals surface area contributed by atoms with Gasteiger partial charge in [0.25, 0.3) is 0 Å². The summed E-state index contributed by atoms with van der Waals surface area (Å²) in [6.45, 7) is 0. The zero-order chi connectivity index (χ0) is 11.4. The van der Waals surface area contributed by atoms with Crippen LogP contribution in [0.5, 0.6) is 5.75 Å². The summed E-state index contributed by atoms with van der Waals surface area (Å²) in [7, 11) is 3.71. The summed E-state index contributed by atoms with van der Waals surface area (Å²) in [4.78, 5) is 0. The molecule has 0 radical (unpaired) electrons. The van der Waals surface area contributed by atoms with Crippen molar-refractivity contribution in [3.8, 4) is 5.75 Å². The van der Waals surface area contributed by atoms with Crippen molar-refractivity contribution in [1.29, 1.82) is 0 Å². The van der Waals surface area contributed by atoms with E-state index in [0.717, 1.165) is 5.75 Å². The molecule has 2 nitrogen and oxygen atoms in total. The van der Waals surface area contributed by atoms with Crippen molar-refractivity contribution in [2.45, 2.75) is 0 Å². The predicted octanol–water partition coefficient (Wildman–Crippen LogP) is 3.20. The lowest BCUT2D eigenvalue weighted by atomic mass is 10.2. The summed E-state index contributed by atoms with van der Waals surface area (Å²) in [6, 6.07) is 12.1. The van der Waals surface area contributed by atoms with E-state index in [4.69, 9.17) is 4.74 Å². The first-order valence-corrected chi connectivity index (χ1v) is 5.23. The van der Waals surface area contributed by atoms with Crippen molar-refractivity contribution in [2.24, 2.45) is 7.05 Å². The van der Waals surface area contributed by atoms with E-state index in [1.807, 2.05) is 43.6 Å². The Hall–Kier alpha value is -1.96. The minimum absolute atomic E-state index is 0.885. The van der Waals surface area contributed by atoms with Gasteiger partial charge in [-0.1, -0.05) is 18.2 Å². The van der Waals surface area contributed by atoms with Crippen molar-refractivity contribution in [1.82, 2.24) is 4.57 Å². The lowest BCUT2D eigenvalue weighted by Crippen LogP contribution is -1.86. The van der Waals surface area contributed by atoms with Gasteiger partial charge in [0.05, 0.1) is 7.11 Å². The number of nitrogens with zero attached hydrogens (tertiary/aromatic N) is 1. The van der Waals surface area contributed by atoms with Gasteiger partial charge in [0.2, 0.25) is 0 Å². The molecule has 0 atom stereocenters. The highest BCUT2D eigenvalue weighted by Crippen LogP contribution is 2.13. The summed E-state index contributed by atoms with van der Waals surface area (Å²) >= 11 is 0. The summed E-state index contributed by atoms with van der Waals surface area (Å²) in [5.74, 6) is 0.885. The fraction of sp³-hybridized carbons (Fsp3) is 0.143. The van der Waals surface area contributed by atoms with Crippen LogP contribution in [0.1, 0.15) is 11.3 Å². The van der Waals surface area contributed by atoms with E-state index in [1.165, 1.54) is 11.3 Å². The van der Waals surface area contributed by atoms with Gasteiger partial charge in [0.15, 0.2) is 0 Å². The number of methoxy groups -OCH3 is 1. The number of rotatable bonds is 3. The van der Waals surface area contributed by atoms with Crippen LogP contribution < -0.4 is 4.74 Å². The van der Waals surface area contributed by atoms with Gasteiger partial charge in [-0.25, -0.2) is 0 Å². The number of hydrogen-bond acceptors (Lipinski definition) is 1. The maximum absolute atomic E-state index is 5.11. The molecule has 0 aliphatic carbocycles. The van der Waals surface area contributed by atoms with Crippen LogP contribution in [0, 0.1) is 0 Å². The number of aryl methyl sites for hydroxylation is 1. The van der Waals surface area contributed by atoms with Gasteiger partial charge in [-0.05, 0) is 35.9 Å². The second-order valence-electron chi connectivity index (χ2n) is 3.65. The molecule has 1 heterocycles. The van der Waals surface area contributed by atoms with Gasteiger partial charge in [0, 0.05) is 18.9 Å². The Morgan fingerprint density at radius 1 is 1.06 bits per heavy atom. The zero-order valence-corrected chi connectivity index (χ0v) is 9.55. The highest BCUT2D eigenvalue weighted by atomic mass is 16.5. The molecule has 0 aliphatic heterocycles. The van der Waals surface area contributed by atoms with Crippen molar-refractivity contribution in [3.05, 3.63) is 53.9 Å². The Balaban J connectivity index is 2.14. The molecule has 1 aromatic carbocycles. The average molecular weight is 213 g/mol. The van der Waals surface area contributed by atoms with Crippen LogP contribution in [0.25, 0.3) is 12.2 Å². The number of aromatic nitrogens is 1. The summed E-state index contributed by atoms with van der Waals surface area (Å²) in [5, 5.41) is 0. The molecule has 0 fully saturated rings. The normalized spacial score (nSPS) is 10.9. The molecule has 2 rings (SSSR count). The number of benzene rings is 1. The lowest BCUT2D eigenvalue weighted by Gasteiger charge is -1.99. The van der Waals surface area contributed by atoms with Gasteiger partial charge < -0.3 is 9.30 Å². The summed E-state index contributed by atoms with van der Waals surface area (Å²) in [6.07, 6.45) is 6.23. The van der Waals surface area contributed by atoms with E-state index in [-0.39, 0.29) is 0 Å². The van der Waals surface area contributed by atoms with Crippen molar-refractivity contribution < 1.29 is 4.74 Å². The van der Waals surface area contributed by atoms with Gasteiger partial charge in [0.1, 0.15) is 5.75 Å². The fourth-order valence-corrected chi connectivity index (χ4v) is 1.54. The summed E-state index contributed by atoms with van der Waals surface area (Å²) < 4.78 is 7.19. The van der Waals surface area contributed by atoms with Crippen LogP contribution in [0.2, 0.25) is 0 Å². The molecule has 1 aromatic heterocycles. The Labute approximate surface area is 95.8 Å². The molecular formula is C14H15NO. The molecule has 16 heavy (non-hydrogen) atoms. The molecule has 0 N–H and O–H groups in total. The zero-order valence-electron chi connectivity index (χ0n) is 9.55. The van der Waals surface area contributed by atoms with E-state index < -0.39 is 0 Å². The minimum atomic E-state index is 0.885. The molecule has 0 unspecified atom stereocenters. The quantitative estimate of drug-likeness (QED) is 0.763. The lowest BCUT2D eigenvalue weighted by molar-refractivity contribution is 0.415. The molecule has 0 saturated carbocycles. The third-order valence-corrected chi connectivity index (χ3v) is 2.55. The molecule has 0 spiro atoms. The minimum Gasteiger partial charge on any atom is -0.497 e. The van der Waals surface area contributed by atoms with Gasteiger partial charge in [-0.3, -0.25) is 0 Å². The van der Waals surface area contributed by atoms with Gasteiger partial charge in [-0.15, -0.1) is 0 Å². The third kappa shape index (κ3) is 2.34. The molecule has 2 aromatic rings. The second-order valence-corrected chi connectivity index (χ2v) is 3.65. The Morgan fingerprint density at radius 2 is 1.81 bits per heavy atom. The fourth-order valence-electron chi connectivity index (χ4n) is 1.54. The van der Waals surface area contributed by atoms with Crippen molar-refractivity contribution in [2.75, 3.05) is 7.11 Å². The highest BCUT2D eigenvalue weighted by molar-refractivity contribution is 5.68. The summed E-state index contributed by atoms with van der Waals surface area (Å²) in [5.41, 5.74) is 2.36. The molecule has 2 heteroatoms. The molecule has 0 saturated heterocycles. The molecule has 0 bridgehead atoms. The maximum Gasteiger partial charge on any atom is 0.118 e. The van der Waals surface area contributed by atoms with E-state index in [9.17, 15) is 0 Å². The number of hydrogen-bond donors (Lipinski definition) is 0. The van der Waals surface area contributed by atoms with Crippen LogP contribution in [-0.4, -0.2) is 11.7 Å². The Bertz CT molecular complexity index is 480. The SMILES string of the molecule is COc1ccc(/C=C/c2cccn2C)cc1. The van der Waals surface area contributed by atoms with Crippen molar-refractivity contribution >= 4 is 12.2 Å². The van der Waals surface area contributed by atoms with Crippen LogP contribution in [0.3, 0.4) is 0 Å². The van der Waals surface area contributed by atoms with E-state index in [0.29, 0.717) is 0 Å². The van der Waals surface area contributed by atoms with E-state index in [1.54, 1.807) is 7.11 Å². The Morgan fingerprint density at radius 3 is 2.38 bits per heavy atom. The predicted molar refractivity (Wildman–Crippen MR) is 67.3 cm³/mol. The molecule has 0 aliphatic rings. The molecular weight excluding hydrogens is 198 g/mol. The van der Waals surface area contributed by atoms with Crippen LogP contribution in [-0.2, 0) is 7.05 Å². The largest absolute Gasteiger partial charge is 0.497 e. The monoisotopic (exact) mass is 213 g/mol.